The molecule has 1 heterocycles. The minimum atomic E-state index is -0.354. The van der Waals surface area contributed by atoms with Gasteiger partial charge in [0, 0.05) is 19.6 Å². The van der Waals surface area contributed by atoms with Crippen LogP contribution < -0.4 is 5.32 Å². The lowest BCUT2D eigenvalue weighted by Gasteiger charge is -2.29. The molecule has 0 bridgehead atoms. The first-order valence-electron chi connectivity index (χ1n) is 9.74. The Kier molecular flexibility index (Phi) is 6.90. The van der Waals surface area contributed by atoms with E-state index in [0.29, 0.717) is 25.4 Å². The Labute approximate surface area is 173 Å². The lowest BCUT2D eigenvalue weighted by Crippen LogP contribution is -2.34. The number of rotatable bonds is 6. The highest BCUT2D eigenvalue weighted by molar-refractivity contribution is 8.04. The molecule has 28 heavy (non-hydrogen) atoms. The number of carbonyl (C=O) groups excluding carboxylic acids is 1. The third-order valence-electron chi connectivity index (χ3n) is 4.90. The number of thioether (sulfide) groups is 1. The molecule has 156 valence electrons. The number of aliphatic hydroxyl groups is 1. The van der Waals surface area contributed by atoms with Crippen LogP contribution in [0.15, 0.2) is 23.7 Å². The summed E-state index contributed by atoms with van der Waals surface area (Å²) in [6.07, 6.45) is 0. The van der Waals surface area contributed by atoms with Gasteiger partial charge in [0.15, 0.2) is 0 Å². The van der Waals surface area contributed by atoms with Gasteiger partial charge in [0.25, 0.3) is 0 Å². The van der Waals surface area contributed by atoms with Gasteiger partial charge in [-0.1, -0.05) is 59.9 Å². The summed E-state index contributed by atoms with van der Waals surface area (Å²) in [7, 11) is 0. The standard InChI is InChI=1S/C22H34N2O3S/c1-14-24(10-8-23-9-11-25)20(27)19(28-14)15-12-16(21(2,3)4)18(26)17(13-15)22(5,6)7/h12-13,19,23,25-26H,1,8-11H2,2-7H3. The van der Waals surface area contributed by atoms with Crippen LogP contribution in [0, 0.1) is 0 Å². The first-order chi connectivity index (χ1) is 12.9. The fourth-order valence-corrected chi connectivity index (χ4v) is 4.39. The van der Waals surface area contributed by atoms with Crippen LogP contribution in [0.5, 0.6) is 5.75 Å². The van der Waals surface area contributed by atoms with Crippen LogP contribution >= 0.6 is 11.8 Å². The minimum absolute atomic E-state index is 0.0196. The van der Waals surface area contributed by atoms with E-state index in [4.69, 9.17) is 5.11 Å². The molecule has 0 saturated carbocycles. The summed E-state index contributed by atoms with van der Waals surface area (Å²) in [5, 5.41) is 23.3. The summed E-state index contributed by atoms with van der Waals surface area (Å²) in [6.45, 7) is 18.2. The molecular weight excluding hydrogens is 372 g/mol. The zero-order chi connectivity index (χ0) is 21.3. The van der Waals surface area contributed by atoms with E-state index in [1.54, 1.807) is 4.90 Å². The van der Waals surface area contributed by atoms with Crippen molar-refractivity contribution in [1.82, 2.24) is 10.2 Å². The summed E-state index contributed by atoms with van der Waals surface area (Å²) in [6, 6.07) is 3.95. The van der Waals surface area contributed by atoms with Gasteiger partial charge < -0.3 is 20.4 Å². The van der Waals surface area contributed by atoms with Gasteiger partial charge in [-0.05, 0) is 39.7 Å². The molecule has 0 spiro atoms. The second-order valence-electron chi connectivity index (χ2n) is 9.32. The molecule has 0 aliphatic carbocycles. The van der Waals surface area contributed by atoms with Crippen LogP contribution in [-0.4, -0.2) is 47.3 Å². The molecule has 0 radical (unpaired) electrons. The van der Waals surface area contributed by atoms with Crippen molar-refractivity contribution in [3.05, 3.63) is 40.4 Å². The van der Waals surface area contributed by atoms with Crippen molar-refractivity contribution < 1.29 is 15.0 Å². The topological polar surface area (TPSA) is 72.8 Å². The lowest BCUT2D eigenvalue weighted by molar-refractivity contribution is -0.127. The zero-order valence-electron chi connectivity index (χ0n) is 17.9. The maximum Gasteiger partial charge on any atom is 0.245 e. The third kappa shape index (κ3) is 4.91. The normalized spacial score (nSPS) is 18.2. The molecule has 1 aliphatic rings. The highest BCUT2D eigenvalue weighted by atomic mass is 32.2. The van der Waals surface area contributed by atoms with E-state index < -0.39 is 0 Å². The molecule has 2 rings (SSSR count). The van der Waals surface area contributed by atoms with Gasteiger partial charge in [-0.3, -0.25) is 4.79 Å². The second-order valence-corrected chi connectivity index (χ2v) is 10.5. The molecule has 1 amide bonds. The smallest absolute Gasteiger partial charge is 0.245 e. The van der Waals surface area contributed by atoms with Crippen LogP contribution in [0.3, 0.4) is 0 Å². The van der Waals surface area contributed by atoms with E-state index in [1.807, 2.05) is 12.1 Å². The van der Waals surface area contributed by atoms with E-state index >= 15 is 0 Å². The molecule has 1 aromatic carbocycles. The third-order valence-corrected chi connectivity index (χ3v) is 6.10. The summed E-state index contributed by atoms with van der Waals surface area (Å²) < 4.78 is 0. The molecule has 6 heteroatoms. The van der Waals surface area contributed by atoms with Crippen molar-refractivity contribution in [1.29, 1.82) is 0 Å². The summed E-state index contributed by atoms with van der Waals surface area (Å²) >= 11 is 1.47. The van der Waals surface area contributed by atoms with Crippen molar-refractivity contribution in [3.8, 4) is 5.75 Å². The first kappa shape index (κ1) is 22.8. The van der Waals surface area contributed by atoms with E-state index in [-0.39, 0.29) is 28.6 Å². The molecule has 1 aliphatic heterocycles. The Morgan fingerprint density at radius 2 is 1.64 bits per heavy atom. The Balaban J connectivity index is 2.39. The van der Waals surface area contributed by atoms with Gasteiger partial charge >= 0.3 is 0 Å². The quantitative estimate of drug-likeness (QED) is 0.629. The van der Waals surface area contributed by atoms with E-state index in [0.717, 1.165) is 21.7 Å². The zero-order valence-corrected chi connectivity index (χ0v) is 18.7. The Morgan fingerprint density at radius 1 is 1.11 bits per heavy atom. The Morgan fingerprint density at radius 3 is 2.11 bits per heavy atom. The van der Waals surface area contributed by atoms with Crippen molar-refractivity contribution in [2.45, 2.75) is 57.6 Å². The predicted octanol–water partition coefficient (Wildman–Crippen LogP) is 3.66. The molecular formula is C22H34N2O3S. The predicted molar refractivity (Wildman–Crippen MR) is 117 cm³/mol. The number of aromatic hydroxyl groups is 1. The van der Waals surface area contributed by atoms with Gasteiger partial charge in [-0.25, -0.2) is 0 Å². The number of phenolic OH excluding ortho intramolecular Hbond substituents is 1. The van der Waals surface area contributed by atoms with Crippen molar-refractivity contribution in [2.24, 2.45) is 0 Å². The van der Waals surface area contributed by atoms with Crippen LogP contribution in [0.4, 0.5) is 0 Å². The monoisotopic (exact) mass is 406 g/mol. The number of carbonyl (C=O) groups is 1. The molecule has 1 saturated heterocycles. The fourth-order valence-electron chi connectivity index (χ4n) is 3.31. The average molecular weight is 407 g/mol. The molecule has 1 atom stereocenters. The number of nitrogens with one attached hydrogen (secondary N) is 1. The maximum absolute atomic E-state index is 13.1. The van der Waals surface area contributed by atoms with Crippen LogP contribution in [-0.2, 0) is 15.6 Å². The molecule has 3 N–H and O–H groups in total. The number of hydrogen-bond donors (Lipinski definition) is 3. The first-order valence-corrected chi connectivity index (χ1v) is 10.6. The SMILES string of the molecule is C=C1SC(c2cc(C(C)(C)C)c(O)c(C(C)(C)C)c2)C(=O)N1CCNCCO. The van der Waals surface area contributed by atoms with Gasteiger partial charge in [0.2, 0.25) is 5.91 Å². The fraction of sp³-hybridized carbons (Fsp3) is 0.591. The van der Waals surface area contributed by atoms with E-state index in [2.05, 4.69) is 53.4 Å². The van der Waals surface area contributed by atoms with Gasteiger partial charge in [-0.15, -0.1) is 0 Å². The van der Waals surface area contributed by atoms with Crippen LogP contribution in [0.2, 0.25) is 0 Å². The number of amides is 1. The van der Waals surface area contributed by atoms with Crippen molar-refractivity contribution in [2.75, 3.05) is 26.2 Å². The molecule has 5 nitrogen and oxygen atoms in total. The molecule has 1 fully saturated rings. The second kappa shape index (κ2) is 8.47. The van der Waals surface area contributed by atoms with E-state index in [9.17, 15) is 9.90 Å². The van der Waals surface area contributed by atoms with Crippen molar-refractivity contribution in [3.63, 3.8) is 0 Å². The van der Waals surface area contributed by atoms with Crippen LogP contribution in [0.1, 0.15) is 63.5 Å². The number of phenols is 1. The minimum Gasteiger partial charge on any atom is -0.507 e. The highest BCUT2D eigenvalue weighted by Gasteiger charge is 2.38. The molecule has 1 aromatic rings. The van der Waals surface area contributed by atoms with Crippen molar-refractivity contribution >= 4 is 17.7 Å². The van der Waals surface area contributed by atoms with Gasteiger partial charge in [0.05, 0.1) is 11.6 Å². The van der Waals surface area contributed by atoms with Crippen LogP contribution in [0.25, 0.3) is 0 Å². The number of aliphatic hydroxyl groups excluding tert-OH is 1. The van der Waals surface area contributed by atoms with Gasteiger partial charge in [-0.2, -0.15) is 0 Å². The Bertz CT molecular complexity index is 712. The summed E-state index contributed by atoms with van der Waals surface area (Å²) in [5.41, 5.74) is 2.15. The maximum atomic E-state index is 13.1. The number of hydrogen-bond acceptors (Lipinski definition) is 5. The summed E-state index contributed by atoms with van der Waals surface area (Å²) in [5.74, 6) is 0.342. The summed E-state index contributed by atoms with van der Waals surface area (Å²) in [4.78, 5) is 14.8. The largest absolute Gasteiger partial charge is 0.507 e. The van der Waals surface area contributed by atoms with Gasteiger partial charge in [0.1, 0.15) is 11.0 Å². The average Bonchev–Trinajstić information content (AvgIpc) is 2.84. The lowest BCUT2D eigenvalue weighted by atomic mass is 9.78. The Hall–Kier alpha value is -1.50. The highest BCUT2D eigenvalue weighted by Crippen LogP contribution is 2.48. The van der Waals surface area contributed by atoms with E-state index in [1.165, 1.54) is 11.8 Å². The number of nitrogens with zero attached hydrogens (tertiary/aromatic N) is 1. The molecule has 1 unspecified atom stereocenters. The molecule has 0 aromatic heterocycles. The number of benzene rings is 1.